The number of hydrogen-bond donors (Lipinski definition) is 0. The number of rotatable bonds is 6. The van der Waals surface area contributed by atoms with Crippen LogP contribution in [0.15, 0.2) is 75.8 Å². The van der Waals surface area contributed by atoms with Crippen LogP contribution in [0.3, 0.4) is 0 Å². The van der Waals surface area contributed by atoms with Gasteiger partial charge in [0.15, 0.2) is 4.80 Å². The summed E-state index contributed by atoms with van der Waals surface area (Å²) in [6.45, 7) is 7.88. The van der Waals surface area contributed by atoms with Gasteiger partial charge in [-0.05, 0) is 57.5 Å². The van der Waals surface area contributed by atoms with Crippen molar-refractivity contribution in [2.45, 2.75) is 39.8 Å². The summed E-state index contributed by atoms with van der Waals surface area (Å²) in [7, 11) is 1.99. The van der Waals surface area contributed by atoms with Crippen LogP contribution in [-0.4, -0.2) is 27.8 Å². The van der Waals surface area contributed by atoms with E-state index < -0.39 is 12.0 Å². The van der Waals surface area contributed by atoms with Crippen LogP contribution < -0.4 is 19.6 Å². The molecule has 0 saturated heterocycles. The smallest absolute Gasteiger partial charge is 0.338 e. The Balaban J connectivity index is 1.71. The molecule has 37 heavy (non-hydrogen) atoms. The van der Waals surface area contributed by atoms with Gasteiger partial charge in [0.25, 0.3) is 5.56 Å². The van der Waals surface area contributed by atoms with Gasteiger partial charge in [0.1, 0.15) is 5.75 Å². The van der Waals surface area contributed by atoms with Crippen molar-refractivity contribution in [3.8, 4) is 5.75 Å². The molecule has 4 aromatic rings. The lowest BCUT2D eigenvalue weighted by molar-refractivity contribution is -0.143. The van der Waals surface area contributed by atoms with E-state index in [2.05, 4.69) is 11.1 Å². The predicted octanol–water partition coefficient (Wildman–Crippen LogP) is 4.08. The van der Waals surface area contributed by atoms with Crippen molar-refractivity contribution in [1.82, 2.24) is 9.13 Å². The zero-order valence-corrected chi connectivity index (χ0v) is 22.3. The number of nitrogens with zero attached hydrogens (tertiary/aromatic N) is 3. The van der Waals surface area contributed by atoms with Crippen LogP contribution >= 0.6 is 11.3 Å². The van der Waals surface area contributed by atoms with Gasteiger partial charge >= 0.3 is 5.97 Å². The Morgan fingerprint density at radius 1 is 1.16 bits per heavy atom. The molecule has 3 heterocycles. The second-order valence-electron chi connectivity index (χ2n) is 9.25. The average molecular weight is 516 g/mol. The molecule has 7 nitrogen and oxygen atoms in total. The van der Waals surface area contributed by atoms with E-state index in [-0.39, 0.29) is 11.7 Å². The topological polar surface area (TPSA) is 74.8 Å². The predicted molar refractivity (Wildman–Crippen MR) is 146 cm³/mol. The maximum Gasteiger partial charge on any atom is 0.338 e. The molecule has 0 unspecified atom stereocenters. The fourth-order valence-corrected chi connectivity index (χ4v) is 5.76. The molecule has 0 N–H and O–H groups in total. The maximum atomic E-state index is 13.9. The lowest BCUT2D eigenvalue weighted by atomic mass is 9.96. The third-order valence-corrected chi connectivity index (χ3v) is 7.29. The first-order chi connectivity index (χ1) is 17.8. The molecule has 2 aromatic carbocycles. The first kappa shape index (κ1) is 24.8. The molecule has 1 aliphatic heterocycles. The van der Waals surface area contributed by atoms with E-state index in [0.29, 0.717) is 27.2 Å². The van der Waals surface area contributed by atoms with Gasteiger partial charge in [-0.3, -0.25) is 9.36 Å². The molecule has 0 saturated carbocycles. The molecule has 0 fully saturated rings. The van der Waals surface area contributed by atoms with Crippen LogP contribution in [-0.2, 0) is 16.6 Å². The number of allylic oxidation sites excluding steroid dienone is 1. The number of fused-ring (bicyclic) bond motifs is 2. The Kier molecular flexibility index (Phi) is 6.60. The Hall–Kier alpha value is -3.91. The molecule has 1 aliphatic rings. The zero-order valence-electron chi connectivity index (χ0n) is 21.5. The number of ether oxygens (including phenoxy) is 2. The molecule has 8 heteroatoms. The highest BCUT2D eigenvalue weighted by Crippen LogP contribution is 2.32. The molecule has 1 atom stereocenters. The summed E-state index contributed by atoms with van der Waals surface area (Å²) in [5.74, 6) is 0.250. The van der Waals surface area contributed by atoms with E-state index >= 15 is 0 Å². The SMILES string of the molecule is CCOc1ccc([C@H]2C(C(=O)OC(C)C)=C(C)N=c3s/c(=C/c4cn(C)c5ccccc45)c(=O)n32)cc1. The van der Waals surface area contributed by atoms with E-state index in [9.17, 15) is 9.59 Å². The van der Waals surface area contributed by atoms with E-state index in [1.54, 1.807) is 25.3 Å². The first-order valence-corrected chi connectivity index (χ1v) is 13.1. The molecule has 2 aromatic heterocycles. The summed E-state index contributed by atoms with van der Waals surface area (Å²) in [4.78, 5) is 32.4. The van der Waals surface area contributed by atoms with E-state index in [0.717, 1.165) is 27.8 Å². The standard InChI is InChI=1S/C29H29N3O4S/c1-6-35-21-13-11-19(12-14-21)26-25(28(34)36-17(2)3)18(4)30-29-32(26)27(33)24(37-29)15-20-16-31(5)23-10-8-7-9-22(20)23/h7-17,26H,6H2,1-5H3/b24-15+/t26-/m0/s1. The van der Waals surface area contributed by atoms with Crippen molar-refractivity contribution in [1.29, 1.82) is 0 Å². The van der Waals surface area contributed by atoms with Gasteiger partial charge in [-0.15, -0.1) is 0 Å². The summed E-state index contributed by atoms with van der Waals surface area (Å²) in [5, 5.41) is 1.07. The van der Waals surface area contributed by atoms with Crippen molar-refractivity contribution in [3.05, 3.63) is 96.8 Å². The minimum Gasteiger partial charge on any atom is -0.494 e. The van der Waals surface area contributed by atoms with Crippen LogP contribution in [0, 0.1) is 0 Å². The van der Waals surface area contributed by atoms with Crippen molar-refractivity contribution in [2.75, 3.05) is 6.61 Å². The van der Waals surface area contributed by atoms with Gasteiger partial charge in [0.05, 0.1) is 34.6 Å². The van der Waals surface area contributed by atoms with Crippen molar-refractivity contribution in [2.24, 2.45) is 12.0 Å². The number of benzene rings is 2. The lowest BCUT2D eigenvalue weighted by Crippen LogP contribution is -2.40. The molecule has 5 rings (SSSR count). The quantitative estimate of drug-likeness (QED) is 0.363. The minimum absolute atomic E-state index is 0.196. The molecule has 0 bridgehead atoms. The largest absolute Gasteiger partial charge is 0.494 e. The van der Waals surface area contributed by atoms with Gasteiger partial charge in [0, 0.05) is 29.7 Å². The number of aryl methyl sites for hydroxylation is 1. The highest BCUT2D eigenvalue weighted by molar-refractivity contribution is 7.07. The molecule has 190 valence electrons. The van der Waals surface area contributed by atoms with Crippen LogP contribution in [0.4, 0.5) is 0 Å². The molecule has 0 aliphatic carbocycles. The van der Waals surface area contributed by atoms with E-state index in [1.807, 2.05) is 73.3 Å². The van der Waals surface area contributed by atoms with Crippen LogP contribution in [0.25, 0.3) is 17.0 Å². The number of para-hydroxylation sites is 1. The lowest BCUT2D eigenvalue weighted by Gasteiger charge is -2.25. The van der Waals surface area contributed by atoms with E-state index in [1.165, 1.54) is 11.3 Å². The third kappa shape index (κ3) is 4.53. The van der Waals surface area contributed by atoms with Crippen LogP contribution in [0.2, 0.25) is 0 Å². The molecule has 0 amide bonds. The Morgan fingerprint density at radius 3 is 2.59 bits per heavy atom. The monoisotopic (exact) mass is 515 g/mol. The molecular formula is C29H29N3O4S. The Labute approximate surface area is 218 Å². The van der Waals surface area contributed by atoms with Crippen molar-refractivity contribution in [3.63, 3.8) is 0 Å². The number of carbonyl (C=O) groups excluding carboxylic acids is 1. The van der Waals surface area contributed by atoms with Gasteiger partial charge in [-0.2, -0.15) is 0 Å². The van der Waals surface area contributed by atoms with Crippen LogP contribution in [0.5, 0.6) is 5.75 Å². The van der Waals surface area contributed by atoms with Crippen molar-refractivity contribution < 1.29 is 14.3 Å². The summed E-state index contributed by atoms with van der Waals surface area (Å²) in [6, 6.07) is 14.9. The first-order valence-electron chi connectivity index (χ1n) is 12.3. The van der Waals surface area contributed by atoms with E-state index in [4.69, 9.17) is 9.47 Å². The summed E-state index contributed by atoms with van der Waals surface area (Å²) in [5.41, 5.74) is 3.54. The summed E-state index contributed by atoms with van der Waals surface area (Å²) < 4.78 is 15.4. The Morgan fingerprint density at radius 2 is 1.89 bits per heavy atom. The fraction of sp³-hybridized carbons (Fsp3) is 0.276. The number of esters is 1. The van der Waals surface area contributed by atoms with Gasteiger partial charge in [-0.25, -0.2) is 9.79 Å². The number of hydrogen-bond acceptors (Lipinski definition) is 6. The Bertz CT molecular complexity index is 1700. The van der Waals surface area contributed by atoms with Crippen LogP contribution in [0.1, 0.15) is 44.9 Å². The summed E-state index contributed by atoms with van der Waals surface area (Å²) in [6.07, 6.45) is 3.63. The third-order valence-electron chi connectivity index (χ3n) is 6.31. The highest BCUT2D eigenvalue weighted by atomic mass is 32.1. The van der Waals surface area contributed by atoms with Crippen molar-refractivity contribution >= 4 is 34.3 Å². The normalized spacial score (nSPS) is 15.7. The molecule has 0 spiro atoms. The molecule has 0 radical (unpaired) electrons. The second-order valence-corrected chi connectivity index (χ2v) is 10.3. The number of aromatic nitrogens is 2. The average Bonchev–Trinajstić information content (AvgIpc) is 3.34. The molecular weight excluding hydrogens is 486 g/mol. The zero-order chi connectivity index (χ0) is 26.3. The highest BCUT2D eigenvalue weighted by Gasteiger charge is 2.33. The minimum atomic E-state index is -0.659. The maximum absolute atomic E-state index is 13.9. The number of thiazole rings is 1. The summed E-state index contributed by atoms with van der Waals surface area (Å²) >= 11 is 1.32. The van der Waals surface area contributed by atoms with Gasteiger partial charge < -0.3 is 14.0 Å². The second kappa shape index (κ2) is 9.86. The number of carbonyl (C=O) groups is 1. The van der Waals surface area contributed by atoms with Gasteiger partial charge in [-0.1, -0.05) is 41.7 Å². The van der Waals surface area contributed by atoms with Gasteiger partial charge in [0.2, 0.25) is 0 Å². The fourth-order valence-electron chi connectivity index (χ4n) is 4.72.